The Morgan fingerprint density at radius 2 is 2.28 bits per heavy atom. The third kappa shape index (κ3) is 2.98. The Morgan fingerprint density at radius 3 is 2.83 bits per heavy atom. The van der Waals surface area contributed by atoms with Crippen molar-refractivity contribution in [3.63, 3.8) is 0 Å². The van der Waals surface area contributed by atoms with Crippen LogP contribution < -0.4 is 5.32 Å². The highest BCUT2D eigenvalue weighted by molar-refractivity contribution is 7.09. The molecule has 2 aromatic rings. The Balaban J connectivity index is 1.95. The van der Waals surface area contributed by atoms with E-state index in [4.69, 9.17) is 0 Å². The van der Waals surface area contributed by atoms with Crippen molar-refractivity contribution in [1.29, 1.82) is 0 Å². The normalized spacial score (nSPS) is 11.5. The van der Waals surface area contributed by atoms with Crippen LogP contribution in [0.1, 0.15) is 42.0 Å². The summed E-state index contributed by atoms with van der Waals surface area (Å²) in [5.74, 6) is -0.104. The Kier molecular flexibility index (Phi) is 3.52. The Labute approximate surface area is 110 Å². The van der Waals surface area contributed by atoms with E-state index >= 15 is 0 Å². The molecular weight excluding hydrogens is 246 g/mol. The van der Waals surface area contributed by atoms with Gasteiger partial charge in [0.25, 0.3) is 5.91 Å². The van der Waals surface area contributed by atoms with Crippen LogP contribution in [0.4, 0.5) is 0 Å². The number of thiazole rings is 1. The van der Waals surface area contributed by atoms with Crippen LogP contribution in [0.5, 0.6) is 0 Å². The van der Waals surface area contributed by atoms with Crippen LogP contribution >= 0.6 is 11.3 Å². The molecule has 4 nitrogen and oxygen atoms in total. The predicted octanol–water partition coefficient (Wildman–Crippen LogP) is 2.70. The second kappa shape index (κ2) is 4.94. The molecule has 2 heterocycles. The van der Waals surface area contributed by atoms with E-state index in [0.717, 1.165) is 10.7 Å². The largest absolute Gasteiger partial charge is 0.357 e. The maximum atomic E-state index is 11.7. The van der Waals surface area contributed by atoms with Crippen molar-refractivity contribution in [1.82, 2.24) is 15.3 Å². The first-order valence-electron chi connectivity index (χ1n) is 5.83. The van der Waals surface area contributed by atoms with Gasteiger partial charge in [-0.2, -0.15) is 0 Å². The van der Waals surface area contributed by atoms with Crippen LogP contribution in [0.15, 0.2) is 23.7 Å². The van der Waals surface area contributed by atoms with E-state index in [-0.39, 0.29) is 11.3 Å². The quantitative estimate of drug-likeness (QED) is 0.894. The number of amides is 1. The Morgan fingerprint density at radius 1 is 1.50 bits per heavy atom. The third-order valence-corrected chi connectivity index (χ3v) is 3.41. The molecule has 18 heavy (non-hydrogen) atoms. The van der Waals surface area contributed by atoms with E-state index in [2.05, 4.69) is 41.4 Å². The molecule has 2 rings (SSSR count). The Hall–Kier alpha value is -1.62. The summed E-state index contributed by atoms with van der Waals surface area (Å²) in [7, 11) is 0. The number of carbonyl (C=O) groups excluding carboxylic acids is 1. The van der Waals surface area contributed by atoms with Crippen molar-refractivity contribution in [2.45, 2.75) is 32.7 Å². The van der Waals surface area contributed by atoms with Gasteiger partial charge in [0.1, 0.15) is 10.7 Å². The lowest BCUT2D eigenvalue weighted by Crippen LogP contribution is -2.23. The topological polar surface area (TPSA) is 57.8 Å². The minimum atomic E-state index is -0.104. The molecule has 0 aliphatic heterocycles. The maximum absolute atomic E-state index is 11.7. The summed E-state index contributed by atoms with van der Waals surface area (Å²) < 4.78 is 0. The van der Waals surface area contributed by atoms with Gasteiger partial charge in [0, 0.05) is 17.0 Å². The van der Waals surface area contributed by atoms with Gasteiger partial charge in [-0.15, -0.1) is 11.3 Å². The van der Waals surface area contributed by atoms with E-state index in [0.29, 0.717) is 12.2 Å². The average molecular weight is 263 g/mol. The molecule has 0 bridgehead atoms. The molecule has 0 saturated carbocycles. The molecule has 0 spiro atoms. The molecule has 0 aromatic carbocycles. The summed E-state index contributed by atoms with van der Waals surface area (Å²) >= 11 is 1.58. The summed E-state index contributed by atoms with van der Waals surface area (Å²) in [6.07, 6.45) is 1.73. The zero-order valence-electron chi connectivity index (χ0n) is 10.8. The van der Waals surface area contributed by atoms with Gasteiger partial charge in [-0.05, 0) is 12.1 Å². The van der Waals surface area contributed by atoms with E-state index in [1.54, 1.807) is 29.7 Å². The van der Waals surface area contributed by atoms with Crippen LogP contribution in [0.3, 0.4) is 0 Å². The second-order valence-electron chi connectivity index (χ2n) is 5.14. The molecule has 5 heteroatoms. The van der Waals surface area contributed by atoms with Crippen molar-refractivity contribution in [3.05, 3.63) is 40.1 Å². The zero-order chi connectivity index (χ0) is 13.2. The molecule has 0 fully saturated rings. The summed E-state index contributed by atoms with van der Waals surface area (Å²) in [5, 5.41) is 5.83. The van der Waals surface area contributed by atoms with Crippen LogP contribution in [0, 0.1) is 0 Å². The molecule has 1 amide bonds. The standard InChI is InChI=1S/C13H17N3OS/c1-13(2,3)10-8-18-11(16-10)7-15-12(17)9-5-4-6-14-9/h4-6,8,14H,7H2,1-3H3,(H,15,17). The fourth-order valence-corrected chi connectivity index (χ4v) is 2.42. The molecule has 96 valence electrons. The number of hydrogen-bond acceptors (Lipinski definition) is 3. The van der Waals surface area contributed by atoms with Crippen molar-refractivity contribution in [2.75, 3.05) is 0 Å². The molecule has 0 aliphatic rings. The van der Waals surface area contributed by atoms with Crippen LogP contribution in [-0.4, -0.2) is 15.9 Å². The zero-order valence-corrected chi connectivity index (χ0v) is 11.6. The van der Waals surface area contributed by atoms with Crippen LogP contribution in [-0.2, 0) is 12.0 Å². The first-order valence-corrected chi connectivity index (χ1v) is 6.71. The van der Waals surface area contributed by atoms with Gasteiger partial charge in [-0.1, -0.05) is 20.8 Å². The maximum Gasteiger partial charge on any atom is 0.268 e. The van der Waals surface area contributed by atoms with Gasteiger partial charge >= 0.3 is 0 Å². The fourth-order valence-electron chi connectivity index (χ4n) is 1.46. The summed E-state index contributed by atoms with van der Waals surface area (Å²) in [4.78, 5) is 19.1. The molecule has 2 N–H and O–H groups in total. The summed E-state index contributed by atoms with van der Waals surface area (Å²) in [6.45, 7) is 6.86. The van der Waals surface area contributed by atoms with Crippen molar-refractivity contribution in [2.24, 2.45) is 0 Å². The lowest BCUT2D eigenvalue weighted by atomic mass is 9.93. The minimum Gasteiger partial charge on any atom is -0.357 e. The highest BCUT2D eigenvalue weighted by Crippen LogP contribution is 2.23. The van der Waals surface area contributed by atoms with Crippen LogP contribution in [0.25, 0.3) is 0 Å². The first-order chi connectivity index (χ1) is 8.47. The van der Waals surface area contributed by atoms with E-state index in [9.17, 15) is 4.79 Å². The van der Waals surface area contributed by atoms with Gasteiger partial charge in [-0.25, -0.2) is 4.98 Å². The molecule has 0 radical (unpaired) electrons. The average Bonchev–Trinajstić information content (AvgIpc) is 2.96. The van der Waals surface area contributed by atoms with E-state index < -0.39 is 0 Å². The second-order valence-corrected chi connectivity index (χ2v) is 6.09. The van der Waals surface area contributed by atoms with Crippen molar-refractivity contribution < 1.29 is 4.79 Å². The Bertz CT molecular complexity index is 523. The number of aromatic nitrogens is 2. The van der Waals surface area contributed by atoms with Crippen molar-refractivity contribution in [3.8, 4) is 0 Å². The number of rotatable bonds is 3. The monoisotopic (exact) mass is 263 g/mol. The van der Waals surface area contributed by atoms with E-state index in [1.165, 1.54) is 0 Å². The molecule has 0 aliphatic carbocycles. The highest BCUT2D eigenvalue weighted by atomic mass is 32.1. The van der Waals surface area contributed by atoms with Crippen LogP contribution in [0.2, 0.25) is 0 Å². The number of nitrogens with one attached hydrogen (secondary N) is 2. The predicted molar refractivity (Wildman–Crippen MR) is 72.8 cm³/mol. The first kappa shape index (κ1) is 12.8. The van der Waals surface area contributed by atoms with Gasteiger partial charge in [-0.3, -0.25) is 4.79 Å². The molecular formula is C13H17N3OS. The van der Waals surface area contributed by atoms with Gasteiger partial charge < -0.3 is 10.3 Å². The van der Waals surface area contributed by atoms with Gasteiger partial charge in [0.15, 0.2) is 0 Å². The van der Waals surface area contributed by atoms with Gasteiger partial charge in [0.2, 0.25) is 0 Å². The molecule has 0 saturated heterocycles. The summed E-state index contributed by atoms with van der Waals surface area (Å²) in [5.41, 5.74) is 1.69. The number of aromatic amines is 1. The molecule has 0 unspecified atom stereocenters. The number of nitrogens with zero attached hydrogens (tertiary/aromatic N) is 1. The number of hydrogen-bond donors (Lipinski definition) is 2. The van der Waals surface area contributed by atoms with Gasteiger partial charge in [0.05, 0.1) is 12.2 Å². The lowest BCUT2D eigenvalue weighted by Gasteiger charge is -2.14. The number of carbonyl (C=O) groups is 1. The smallest absolute Gasteiger partial charge is 0.268 e. The van der Waals surface area contributed by atoms with E-state index in [1.807, 2.05) is 0 Å². The molecule has 0 atom stereocenters. The molecule has 2 aromatic heterocycles. The SMILES string of the molecule is CC(C)(C)c1csc(CNC(=O)c2ccc[nH]2)n1. The van der Waals surface area contributed by atoms with Crippen molar-refractivity contribution >= 4 is 17.2 Å². The summed E-state index contributed by atoms with van der Waals surface area (Å²) in [6, 6.07) is 3.55. The third-order valence-electron chi connectivity index (χ3n) is 2.56. The number of H-pyrrole nitrogens is 1. The lowest BCUT2D eigenvalue weighted by molar-refractivity contribution is 0.0946. The minimum absolute atomic E-state index is 0.0538. The fraction of sp³-hybridized carbons (Fsp3) is 0.385. The highest BCUT2D eigenvalue weighted by Gasteiger charge is 2.17.